The van der Waals surface area contributed by atoms with Crippen LogP contribution in [0, 0.1) is 23.2 Å². The summed E-state index contributed by atoms with van der Waals surface area (Å²) in [5.74, 6) is 2.69. The van der Waals surface area contributed by atoms with E-state index >= 15 is 0 Å². The molecule has 2 atom stereocenters. The molecule has 4 aliphatic rings. The molecule has 4 N–H and O–H groups in total. The van der Waals surface area contributed by atoms with Gasteiger partial charge in [0.15, 0.2) is 0 Å². The molecule has 5 rings (SSSR count). The molecule has 1 aromatic rings. The molecule has 4 aliphatic carbocycles. The third-order valence-electron chi connectivity index (χ3n) is 8.61. The summed E-state index contributed by atoms with van der Waals surface area (Å²) in [5, 5.41) is 18.3. The van der Waals surface area contributed by atoms with Crippen molar-refractivity contribution in [3.05, 3.63) is 34.9 Å². The topological polar surface area (TPSA) is 103 Å². The summed E-state index contributed by atoms with van der Waals surface area (Å²) in [6.07, 6.45) is 8.52. The molecule has 9 heteroatoms. The Bertz CT molecular complexity index is 894. The average molecular weight is 535 g/mol. The molecule has 0 heterocycles. The second kappa shape index (κ2) is 12.7. The fourth-order valence-electron chi connectivity index (χ4n) is 7.59. The first-order valence-corrected chi connectivity index (χ1v) is 14.1. The van der Waals surface area contributed by atoms with Crippen LogP contribution >= 0.6 is 11.6 Å². The molecule has 4 bridgehead atoms. The van der Waals surface area contributed by atoms with Crippen molar-refractivity contribution in [1.29, 1.82) is 0 Å². The van der Waals surface area contributed by atoms with Gasteiger partial charge in [-0.15, -0.1) is 0 Å². The Kier molecular flexibility index (Phi) is 9.59. The van der Waals surface area contributed by atoms with Gasteiger partial charge in [-0.3, -0.25) is 0 Å². The van der Waals surface area contributed by atoms with E-state index in [1.54, 1.807) is 11.0 Å². The van der Waals surface area contributed by atoms with E-state index in [1.807, 2.05) is 32.3 Å². The number of benzene rings is 1. The fourth-order valence-corrected chi connectivity index (χ4v) is 7.79. The minimum Gasteiger partial charge on any atom is -0.465 e. The largest absolute Gasteiger partial charge is 0.465 e. The molecule has 3 amide bonds. The SMILES string of the molecule is CNC[C@H](CC12CC3CC(CC(C3)C1)C2)NC(=O)N(C)CC[C@@H](OCCNC(=O)O)c1cccc(Cl)c1. The van der Waals surface area contributed by atoms with Crippen LogP contribution in [0.3, 0.4) is 0 Å². The first kappa shape index (κ1) is 28.0. The van der Waals surface area contributed by atoms with E-state index < -0.39 is 6.09 Å². The number of halogens is 1. The maximum atomic E-state index is 13.2. The van der Waals surface area contributed by atoms with Gasteiger partial charge in [-0.2, -0.15) is 0 Å². The Hall–Kier alpha value is -2.03. The van der Waals surface area contributed by atoms with Crippen LogP contribution < -0.4 is 16.0 Å². The van der Waals surface area contributed by atoms with E-state index in [0.29, 0.717) is 23.4 Å². The molecular weight excluding hydrogens is 492 g/mol. The van der Waals surface area contributed by atoms with E-state index in [2.05, 4.69) is 16.0 Å². The van der Waals surface area contributed by atoms with Gasteiger partial charge < -0.3 is 30.7 Å². The molecule has 0 radical (unpaired) electrons. The quantitative estimate of drug-likeness (QED) is 0.270. The molecule has 206 valence electrons. The standard InChI is InChI=1S/C28H43ClN4O4/c1-30-18-24(17-28-14-19-10-20(15-28)12-21(11-19)16-28)32-26(34)33(2)8-6-25(37-9-7-31-27(35)36)22-4-3-5-23(29)13-22/h3-5,13,19-21,24-25,30-31H,6-12,14-18H2,1-2H3,(H,32,34)(H,35,36)/t19?,20?,21?,24-,25+,28?/m0/s1. The van der Waals surface area contributed by atoms with E-state index in [0.717, 1.165) is 36.3 Å². The predicted octanol–water partition coefficient (Wildman–Crippen LogP) is 4.89. The maximum Gasteiger partial charge on any atom is 0.404 e. The zero-order chi connectivity index (χ0) is 26.4. The molecular formula is C28H43ClN4O4. The molecule has 0 spiro atoms. The summed E-state index contributed by atoms with van der Waals surface area (Å²) in [6.45, 7) is 1.69. The van der Waals surface area contributed by atoms with Crippen LogP contribution in [-0.4, -0.2) is 68.5 Å². The summed E-state index contributed by atoms with van der Waals surface area (Å²) in [7, 11) is 3.77. The molecule has 4 saturated carbocycles. The second-order valence-corrected chi connectivity index (χ2v) is 12.1. The fraction of sp³-hybridized carbons (Fsp3) is 0.714. The molecule has 8 nitrogen and oxygen atoms in total. The highest BCUT2D eigenvalue weighted by atomic mass is 35.5. The number of hydrogen-bond donors (Lipinski definition) is 4. The average Bonchev–Trinajstić information content (AvgIpc) is 2.82. The van der Waals surface area contributed by atoms with Crippen molar-refractivity contribution < 1.29 is 19.4 Å². The number of carbonyl (C=O) groups is 2. The summed E-state index contributed by atoms with van der Waals surface area (Å²) in [5.41, 5.74) is 1.31. The lowest BCUT2D eigenvalue weighted by molar-refractivity contribution is -0.0614. The van der Waals surface area contributed by atoms with Crippen molar-refractivity contribution in [3.8, 4) is 0 Å². The lowest BCUT2D eigenvalue weighted by Crippen LogP contribution is -2.53. The molecule has 0 unspecified atom stereocenters. The van der Waals surface area contributed by atoms with Gasteiger partial charge in [0.05, 0.1) is 12.7 Å². The van der Waals surface area contributed by atoms with Gasteiger partial charge in [0.1, 0.15) is 0 Å². The monoisotopic (exact) mass is 534 g/mol. The Balaban J connectivity index is 1.31. The van der Waals surface area contributed by atoms with E-state index in [4.69, 9.17) is 21.4 Å². The van der Waals surface area contributed by atoms with Gasteiger partial charge in [0, 0.05) is 37.7 Å². The number of hydrogen-bond acceptors (Lipinski definition) is 4. The third-order valence-corrected chi connectivity index (χ3v) is 8.85. The zero-order valence-electron chi connectivity index (χ0n) is 22.2. The van der Waals surface area contributed by atoms with Gasteiger partial charge >= 0.3 is 12.1 Å². The number of ether oxygens (including phenoxy) is 1. The molecule has 37 heavy (non-hydrogen) atoms. The summed E-state index contributed by atoms with van der Waals surface area (Å²) >= 11 is 6.19. The van der Waals surface area contributed by atoms with Crippen molar-refractivity contribution in [3.63, 3.8) is 0 Å². The zero-order valence-corrected chi connectivity index (χ0v) is 22.9. The number of carboxylic acid groups (broad SMARTS) is 1. The Morgan fingerprint density at radius 1 is 1.19 bits per heavy atom. The lowest BCUT2D eigenvalue weighted by Gasteiger charge is -2.57. The Morgan fingerprint density at radius 2 is 1.86 bits per heavy atom. The van der Waals surface area contributed by atoms with Crippen molar-refractivity contribution in [2.75, 3.05) is 40.3 Å². The summed E-state index contributed by atoms with van der Waals surface area (Å²) in [6, 6.07) is 7.51. The van der Waals surface area contributed by atoms with Gasteiger partial charge in [-0.05, 0) is 99.3 Å². The molecule has 0 saturated heterocycles. The van der Waals surface area contributed by atoms with Crippen LogP contribution in [0.15, 0.2) is 24.3 Å². The summed E-state index contributed by atoms with van der Waals surface area (Å²) in [4.78, 5) is 25.7. The number of rotatable bonds is 13. The first-order valence-electron chi connectivity index (χ1n) is 13.8. The number of amides is 3. The van der Waals surface area contributed by atoms with Crippen molar-refractivity contribution in [1.82, 2.24) is 20.9 Å². The van der Waals surface area contributed by atoms with Crippen LogP contribution in [-0.2, 0) is 4.74 Å². The van der Waals surface area contributed by atoms with Crippen LogP contribution in [0.1, 0.15) is 63.0 Å². The van der Waals surface area contributed by atoms with Crippen molar-refractivity contribution in [2.24, 2.45) is 23.2 Å². The van der Waals surface area contributed by atoms with E-state index in [9.17, 15) is 9.59 Å². The number of urea groups is 1. The maximum absolute atomic E-state index is 13.2. The number of nitrogens with one attached hydrogen (secondary N) is 3. The third kappa shape index (κ3) is 7.74. The lowest BCUT2D eigenvalue weighted by atomic mass is 9.48. The van der Waals surface area contributed by atoms with Crippen molar-refractivity contribution in [2.45, 2.75) is 63.5 Å². The highest BCUT2D eigenvalue weighted by molar-refractivity contribution is 6.30. The van der Waals surface area contributed by atoms with Gasteiger partial charge in [-0.25, -0.2) is 9.59 Å². The van der Waals surface area contributed by atoms with E-state index in [1.165, 1.54) is 38.5 Å². The van der Waals surface area contributed by atoms with Crippen LogP contribution in [0.4, 0.5) is 9.59 Å². The molecule has 4 fully saturated rings. The van der Waals surface area contributed by atoms with E-state index in [-0.39, 0.29) is 31.3 Å². The first-order chi connectivity index (χ1) is 17.7. The number of nitrogens with zero attached hydrogens (tertiary/aromatic N) is 1. The molecule has 0 aliphatic heterocycles. The molecule has 0 aromatic heterocycles. The number of carbonyl (C=O) groups excluding carboxylic acids is 1. The number of likely N-dealkylation sites (N-methyl/N-ethyl adjacent to an activating group) is 1. The van der Waals surface area contributed by atoms with Crippen molar-refractivity contribution >= 4 is 23.7 Å². The highest BCUT2D eigenvalue weighted by Gasteiger charge is 2.51. The minimum atomic E-state index is -1.08. The molecule has 1 aromatic carbocycles. The van der Waals surface area contributed by atoms with Crippen LogP contribution in [0.2, 0.25) is 5.02 Å². The second-order valence-electron chi connectivity index (χ2n) is 11.7. The van der Waals surface area contributed by atoms with Gasteiger partial charge in [-0.1, -0.05) is 23.7 Å². The Labute approximate surface area is 225 Å². The van der Waals surface area contributed by atoms with Crippen LogP contribution in [0.5, 0.6) is 0 Å². The Morgan fingerprint density at radius 3 is 2.46 bits per heavy atom. The highest BCUT2D eigenvalue weighted by Crippen LogP contribution is 2.61. The van der Waals surface area contributed by atoms with Gasteiger partial charge in [0.2, 0.25) is 0 Å². The summed E-state index contributed by atoms with van der Waals surface area (Å²) < 4.78 is 5.99. The predicted molar refractivity (Wildman–Crippen MR) is 145 cm³/mol. The smallest absolute Gasteiger partial charge is 0.404 e. The van der Waals surface area contributed by atoms with Gasteiger partial charge in [0.25, 0.3) is 0 Å². The normalized spacial score (nSPS) is 27.5. The van der Waals surface area contributed by atoms with Crippen LogP contribution in [0.25, 0.3) is 0 Å². The minimum absolute atomic E-state index is 0.0673.